The van der Waals surface area contributed by atoms with Gasteiger partial charge in [-0.1, -0.05) is 6.92 Å². The van der Waals surface area contributed by atoms with Gasteiger partial charge in [0, 0.05) is 6.07 Å². The van der Waals surface area contributed by atoms with Gasteiger partial charge in [-0.25, -0.2) is 8.78 Å². The molecule has 19 heavy (non-hydrogen) atoms. The summed E-state index contributed by atoms with van der Waals surface area (Å²) in [5.74, 6) is -2.90. The minimum absolute atomic E-state index is 0.240. The van der Waals surface area contributed by atoms with E-state index in [0.717, 1.165) is 6.07 Å². The lowest BCUT2D eigenvalue weighted by atomic mass is 9.97. The van der Waals surface area contributed by atoms with Gasteiger partial charge in [0.1, 0.15) is 11.6 Å². The summed E-state index contributed by atoms with van der Waals surface area (Å²) in [5, 5.41) is 20.7. The van der Waals surface area contributed by atoms with E-state index in [9.17, 15) is 23.8 Å². The second-order valence-corrected chi connectivity index (χ2v) is 4.26. The number of nitrogens with one attached hydrogen (secondary N) is 1. The van der Waals surface area contributed by atoms with Crippen molar-refractivity contribution in [2.75, 3.05) is 18.9 Å². The van der Waals surface area contributed by atoms with Gasteiger partial charge in [0.05, 0.1) is 30.0 Å². The molecule has 0 aliphatic rings. The molecular weight excluding hydrogens is 258 g/mol. The van der Waals surface area contributed by atoms with Crippen LogP contribution in [0.1, 0.15) is 23.7 Å². The number of anilines is 1. The van der Waals surface area contributed by atoms with Gasteiger partial charge in [0.2, 0.25) is 0 Å². The Bertz CT molecular complexity index is 468. The summed E-state index contributed by atoms with van der Waals surface area (Å²) in [5.41, 5.74) is 3.21. The third-order valence-electron chi connectivity index (χ3n) is 2.99. The van der Waals surface area contributed by atoms with Crippen LogP contribution in [0, 0.1) is 11.6 Å². The molecule has 5 nitrogen and oxygen atoms in total. The monoisotopic (exact) mass is 274 g/mol. The van der Waals surface area contributed by atoms with Crippen LogP contribution in [0.15, 0.2) is 12.1 Å². The highest BCUT2D eigenvalue weighted by Gasteiger charge is 2.30. The summed E-state index contributed by atoms with van der Waals surface area (Å²) in [4.78, 5) is 11.9. The molecule has 0 aliphatic heterocycles. The van der Waals surface area contributed by atoms with E-state index < -0.39 is 41.9 Å². The Labute approximate surface area is 109 Å². The molecule has 0 saturated heterocycles. The van der Waals surface area contributed by atoms with E-state index in [4.69, 9.17) is 5.73 Å². The van der Waals surface area contributed by atoms with Crippen LogP contribution in [0.2, 0.25) is 0 Å². The predicted octanol–water partition coefficient (Wildman–Crippen LogP) is 0.410. The molecule has 0 aromatic heterocycles. The molecule has 0 saturated carbocycles. The Morgan fingerprint density at radius 3 is 2.37 bits per heavy atom. The van der Waals surface area contributed by atoms with Gasteiger partial charge in [-0.15, -0.1) is 0 Å². The third-order valence-corrected chi connectivity index (χ3v) is 2.99. The molecule has 1 aromatic rings. The van der Waals surface area contributed by atoms with Crippen LogP contribution in [0.3, 0.4) is 0 Å². The van der Waals surface area contributed by atoms with Crippen molar-refractivity contribution >= 4 is 11.6 Å². The molecule has 7 heteroatoms. The van der Waals surface area contributed by atoms with E-state index in [2.05, 4.69) is 5.32 Å². The fourth-order valence-electron chi connectivity index (χ4n) is 1.49. The predicted molar refractivity (Wildman–Crippen MR) is 65.4 cm³/mol. The molecule has 106 valence electrons. The fourth-order valence-corrected chi connectivity index (χ4v) is 1.49. The summed E-state index contributed by atoms with van der Waals surface area (Å²) in [7, 11) is 0. The summed E-state index contributed by atoms with van der Waals surface area (Å²) < 4.78 is 26.5. The van der Waals surface area contributed by atoms with Crippen LogP contribution in [-0.2, 0) is 0 Å². The molecule has 0 aliphatic carbocycles. The van der Waals surface area contributed by atoms with Crippen molar-refractivity contribution in [1.29, 1.82) is 0 Å². The van der Waals surface area contributed by atoms with Crippen LogP contribution in [0.4, 0.5) is 14.5 Å². The Kier molecular flexibility index (Phi) is 4.79. The fraction of sp³-hybridized carbons (Fsp3) is 0.417. The van der Waals surface area contributed by atoms with Crippen molar-refractivity contribution in [1.82, 2.24) is 5.32 Å². The number of aliphatic hydroxyl groups excluding tert-OH is 2. The highest BCUT2D eigenvalue weighted by atomic mass is 19.1. The second-order valence-electron chi connectivity index (χ2n) is 4.26. The molecule has 0 spiro atoms. The van der Waals surface area contributed by atoms with E-state index in [1.54, 1.807) is 6.92 Å². The smallest absolute Gasteiger partial charge is 0.254 e. The summed E-state index contributed by atoms with van der Waals surface area (Å²) in [6.07, 6.45) is 0.240. The van der Waals surface area contributed by atoms with Gasteiger partial charge in [0.25, 0.3) is 5.91 Å². The normalized spacial score (nSPS) is 11.4. The first kappa shape index (κ1) is 15.3. The standard InChI is InChI=1S/C12H16F2N2O3/c1-2-12(5-17,6-18)16-11(19)7-3-10(15)9(14)4-8(7)13/h3-4,17-18H,2,5-6,15H2,1H3,(H,16,19). The number of rotatable bonds is 5. The summed E-state index contributed by atoms with van der Waals surface area (Å²) in [6.45, 7) is 0.621. The van der Waals surface area contributed by atoms with Crippen LogP contribution in [0.5, 0.6) is 0 Å². The largest absolute Gasteiger partial charge is 0.396 e. The number of amides is 1. The highest BCUT2D eigenvalue weighted by molar-refractivity contribution is 5.95. The van der Waals surface area contributed by atoms with E-state index >= 15 is 0 Å². The minimum Gasteiger partial charge on any atom is -0.396 e. The number of nitrogens with two attached hydrogens (primary N) is 1. The molecule has 0 radical (unpaired) electrons. The maximum Gasteiger partial charge on any atom is 0.254 e. The number of hydrogen-bond donors (Lipinski definition) is 4. The number of hydrogen-bond acceptors (Lipinski definition) is 4. The molecule has 0 bridgehead atoms. The van der Waals surface area contributed by atoms with Crippen molar-refractivity contribution in [2.45, 2.75) is 18.9 Å². The lowest BCUT2D eigenvalue weighted by Crippen LogP contribution is -2.54. The van der Waals surface area contributed by atoms with E-state index in [1.807, 2.05) is 0 Å². The first-order valence-corrected chi connectivity index (χ1v) is 5.68. The van der Waals surface area contributed by atoms with Gasteiger partial charge >= 0.3 is 0 Å². The van der Waals surface area contributed by atoms with Gasteiger partial charge in [-0.2, -0.15) is 0 Å². The molecule has 5 N–H and O–H groups in total. The van der Waals surface area contributed by atoms with E-state index in [1.165, 1.54) is 0 Å². The zero-order chi connectivity index (χ0) is 14.6. The van der Waals surface area contributed by atoms with Gasteiger partial charge in [-0.3, -0.25) is 4.79 Å². The van der Waals surface area contributed by atoms with E-state index in [0.29, 0.717) is 6.07 Å². The Morgan fingerprint density at radius 2 is 1.89 bits per heavy atom. The summed E-state index contributed by atoms with van der Waals surface area (Å²) >= 11 is 0. The molecular formula is C12H16F2N2O3. The van der Waals surface area contributed by atoms with Crippen molar-refractivity contribution in [2.24, 2.45) is 0 Å². The Morgan fingerprint density at radius 1 is 1.32 bits per heavy atom. The topological polar surface area (TPSA) is 95.6 Å². The number of benzene rings is 1. The number of nitrogen functional groups attached to an aromatic ring is 1. The lowest BCUT2D eigenvalue weighted by Gasteiger charge is -2.29. The third kappa shape index (κ3) is 3.18. The van der Waals surface area contributed by atoms with Gasteiger partial charge < -0.3 is 21.3 Å². The van der Waals surface area contributed by atoms with Crippen molar-refractivity contribution in [3.8, 4) is 0 Å². The van der Waals surface area contributed by atoms with Crippen LogP contribution in [0.25, 0.3) is 0 Å². The summed E-state index contributed by atoms with van der Waals surface area (Å²) in [6, 6.07) is 1.38. The molecule has 0 atom stereocenters. The number of carbonyl (C=O) groups is 1. The van der Waals surface area contributed by atoms with E-state index in [-0.39, 0.29) is 12.1 Å². The van der Waals surface area contributed by atoms with Crippen molar-refractivity contribution in [3.05, 3.63) is 29.3 Å². The number of aliphatic hydroxyl groups is 2. The Hall–Kier alpha value is -1.73. The first-order valence-electron chi connectivity index (χ1n) is 5.68. The molecule has 0 heterocycles. The molecule has 1 aromatic carbocycles. The maximum atomic E-state index is 13.5. The second kappa shape index (κ2) is 5.94. The maximum absolute atomic E-state index is 13.5. The van der Waals surface area contributed by atoms with Crippen molar-refractivity contribution < 1.29 is 23.8 Å². The van der Waals surface area contributed by atoms with Gasteiger partial charge in [-0.05, 0) is 12.5 Å². The molecule has 0 unspecified atom stereocenters. The molecule has 1 amide bonds. The number of carbonyl (C=O) groups excluding carboxylic acids is 1. The highest BCUT2D eigenvalue weighted by Crippen LogP contribution is 2.18. The lowest BCUT2D eigenvalue weighted by molar-refractivity contribution is 0.0650. The van der Waals surface area contributed by atoms with Crippen LogP contribution < -0.4 is 11.1 Å². The Balaban J connectivity index is 3.04. The molecule has 1 rings (SSSR count). The van der Waals surface area contributed by atoms with Crippen LogP contribution in [-0.4, -0.2) is 34.9 Å². The average molecular weight is 274 g/mol. The minimum atomic E-state index is -1.26. The van der Waals surface area contributed by atoms with Gasteiger partial charge in [0.15, 0.2) is 0 Å². The average Bonchev–Trinajstić information content (AvgIpc) is 2.40. The SMILES string of the molecule is CCC(CO)(CO)NC(=O)c1cc(N)c(F)cc1F. The van der Waals surface area contributed by atoms with Crippen molar-refractivity contribution in [3.63, 3.8) is 0 Å². The zero-order valence-corrected chi connectivity index (χ0v) is 10.4. The first-order chi connectivity index (χ1) is 8.89. The van der Waals surface area contributed by atoms with Crippen LogP contribution >= 0.6 is 0 Å². The zero-order valence-electron chi connectivity index (χ0n) is 10.4. The molecule has 0 fully saturated rings. The number of halogens is 2. The quantitative estimate of drug-likeness (QED) is 0.585.